The van der Waals surface area contributed by atoms with Crippen LogP contribution >= 0.6 is 0 Å². The predicted octanol–water partition coefficient (Wildman–Crippen LogP) is 0.867. The van der Waals surface area contributed by atoms with Crippen LogP contribution in [0.1, 0.15) is 5.56 Å². The Hall–Kier alpha value is -1.47. The van der Waals surface area contributed by atoms with E-state index in [0.29, 0.717) is 5.39 Å². The summed E-state index contributed by atoms with van der Waals surface area (Å²) in [5.41, 5.74) is -0.493. The van der Waals surface area contributed by atoms with Gasteiger partial charge in [0.25, 0.3) is 0 Å². The number of aromatic amines is 1. The summed E-state index contributed by atoms with van der Waals surface area (Å²) < 4.78 is 37.1. The Kier molecular flexibility index (Phi) is 2.44. The van der Waals surface area contributed by atoms with E-state index < -0.39 is 18.9 Å². The van der Waals surface area contributed by atoms with E-state index in [0.717, 1.165) is 12.1 Å². The van der Waals surface area contributed by atoms with Gasteiger partial charge in [-0.1, -0.05) is 6.07 Å². The van der Waals surface area contributed by atoms with Crippen LogP contribution in [0.2, 0.25) is 0 Å². The van der Waals surface area contributed by atoms with E-state index in [2.05, 4.69) is 4.98 Å². The topological polar surface area (TPSA) is 56.2 Å². The van der Waals surface area contributed by atoms with Crippen molar-refractivity contribution in [1.29, 1.82) is 0 Å². The Balaban J connectivity index is 2.54. The number of hydrogen-bond acceptors (Lipinski definition) is 2. The van der Waals surface area contributed by atoms with Crippen molar-refractivity contribution in [3.05, 3.63) is 29.8 Å². The average Bonchev–Trinajstić information content (AvgIpc) is 2.58. The maximum absolute atomic E-state index is 12.4. The van der Waals surface area contributed by atoms with Gasteiger partial charge in [-0.3, -0.25) is 0 Å². The molecule has 0 atom stereocenters. The van der Waals surface area contributed by atoms with Crippen LogP contribution in [0.3, 0.4) is 0 Å². The van der Waals surface area contributed by atoms with Gasteiger partial charge in [0.15, 0.2) is 0 Å². The van der Waals surface area contributed by atoms with Gasteiger partial charge >= 0.3 is 13.3 Å². The molecule has 3 nitrogen and oxygen atoms in total. The van der Waals surface area contributed by atoms with Crippen molar-refractivity contribution in [2.45, 2.75) is 6.18 Å². The maximum atomic E-state index is 12.4. The number of alkyl halides is 3. The van der Waals surface area contributed by atoms with Crippen LogP contribution in [0.25, 0.3) is 10.9 Å². The third kappa shape index (κ3) is 1.91. The summed E-state index contributed by atoms with van der Waals surface area (Å²) in [4.78, 5) is 2.51. The highest BCUT2D eigenvalue weighted by Crippen LogP contribution is 2.30. The molecule has 1 heterocycles. The number of H-pyrrole nitrogens is 1. The van der Waals surface area contributed by atoms with Crippen LogP contribution in [0, 0.1) is 0 Å². The number of fused-ring (bicyclic) bond motifs is 1. The zero-order chi connectivity index (χ0) is 11.9. The lowest BCUT2D eigenvalue weighted by atomic mass is 9.86. The Labute approximate surface area is 88.7 Å². The van der Waals surface area contributed by atoms with Crippen LogP contribution in [0.4, 0.5) is 13.2 Å². The molecule has 0 bridgehead atoms. The van der Waals surface area contributed by atoms with E-state index >= 15 is 0 Å². The molecule has 3 N–H and O–H groups in total. The first-order chi connectivity index (χ1) is 7.38. The first-order valence-electron chi connectivity index (χ1n) is 4.44. The number of nitrogens with one attached hydrogen (secondary N) is 1. The molecule has 2 rings (SSSR count). The molecule has 0 radical (unpaired) electrons. The lowest BCUT2D eigenvalue weighted by Gasteiger charge is -2.05. The SMILES string of the molecule is OB(O)c1cc2ccc(C(F)(F)F)cc2[nH]1. The summed E-state index contributed by atoms with van der Waals surface area (Å²) in [5, 5.41) is 18.2. The lowest BCUT2D eigenvalue weighted by molar-refractivity contribution is -0.137. The highest BCUT2D eigenvalue weighted by Gasteiger charge is 2.30. The van der Waals surface area contributed by atoms with Gasteiger partial charge in [0.1, 0.15) is 0 Å². The molecular formula is C9H7BF3NO2. The smallest absolute Gasteiger partial charge is 0.422 e. The van der Waals surface area contributed by atoms with Gasteiger partial charge in [0, 0.05) is 11.1 Å². The average molecular weight is 229 g/mol. The second-order valence-corrected chi connectivity index (χ2v) is 3.40. The quantitative estimate of drug-likeness (QED) is 0.635. The molecule has 2 aromatic rings. The van der Waals surface area contributed by atoms with Crippen molar-refractivity contribution >= 4 is 23.6 Å². The van der Waals surface area contributed by atoms with E-state index in [-0.39, 0.29) is 11.1 Å². The summed E-state index contributed by atoms with van der Waals surface area (Å²) in [6, 6.07) is 4.55. The van der Waals surface area contributed by atoms with E-state index in [1.165, 1.54) is 12.1 Å². The highest BCUT2D eigenvalue weighted by molar-refractivity contribution is 6.58. The first-order valence-corrected chi connectivity index (χ1v) is 4.44. The minimum absolute atomic E-state index is 0.0642. The minimum atomic E-state index is -4.41. The fourth-order valence-electron chi connectivity index (χ4n) is 1.46. The molecule has 0 unspecified atom stereocenters. The fraction of sp³-hybridized carbons (Fsp3) is 0.111. The van der Waals surface area contributed by atoms with E-state index in [9.17, 15) is 13.2 Å². The summed E-state index contributed by atoms with van der Waals surface area (Å²) in [6.45, 7) is 0. The first kappa shape index (κ1) is 11.0. The minimum Gasteiger partial charge on any atom is -0.422 e. The van der Waals surface area contributed by atoms with Crippen molar-refractivity contribution in [1.82, 2.24) is 4.98 Å². The number of aromatic nitrogens is 1. The summed E-state index contributed by atoms with van der Waals surface area (Å²) in [6.07, 6.45) is -4.41. The second kappa shape index (κ2) is 3.53. The molecule has 16 heavy (non-hydrogen) atoms. The largest absolute Gasteiger partial charge is 0.505 e. The number of rotatable bonds is 1. The summed E-state index contributed by atoms with van der Waals surface area (Å²) in [7, 11) is -1.72. The normalized spacial score (nSPS) is 12.1. The number of benzene rings is 1. The Bertz CT molecular complexity index is 521. The molecule has 0 saturated carbocycles. The second-order valence-electron chi connectivity index (χ2n) is 3.40. The molecule has 0 amide bonds. The molecule has 1 aromatic heterocycles. The Morgan fingerprint density at radius 3 is 2.38 bits per heavy atom. The molecule has 0 fully saturated rings. The van der Waals surface area contributed by atoms with Crippen LogP contribution in [0.5, 0.6) is 0 Å². The summed E-state index contributed by atoms with van der Waals surface area (Å²) in [5.74, 6) is 0. The maximum Gasteiger partial charge on any atom is 0.505 e. The molecule has 0 spiro atoms. The monoisotopic (exact) mass is 229 g/mol. The Morgan fingerprint density at radius 1 is 1.12 bits per heavy atom. The van der Waals surface area contributed by atoms with Gasteiger partial charge in [-0.25, -0.2) is 0 Å². The van der Waals surface area contributed by atoms with E-state index in [1.54, 1.807) is 0 Å². The molecule has 0 aliphatic carbocycles. The highest BCUT2D eigenvalue weighted by atomic mass is 19.4. The molecule has 84 valence electrons. The zero-order valence-electron chi connectivity index (χ0n) is 7.92. The van der Waals surface area contributed by atoms with Crippen molar-refractivity contribution in [3.63, 3.8) is 0 Å². The van der Waals surface area contributed by atoms with Crippen molar-refractivity contribution in [2.24, 2.45) is 0 Å². The Morgan fingerprint density at radius 2 is 1.81 bits per heavy atom. The molecule has 0 aliphatic rings. The van der Waals surface area contributed by atoms with Crippen molar-refractivity contribution < 1.29 is 23.2 Å². The van der Waals surface area contributed by atoms with Crippen LogP contribution in [-0.4, -0.2) is 22.2 Å². The number of halogens is 3. The predicted molar refractivity (Wildman–Crippen MR) is 53.1 cm³/mol. The zero-order valence-corrected chi connectivity index (χ0v) is 7.92. The molecule has 7 heteroatoms. The molecule has 0 aliphatic heterocycles. The number of hydrogen-bond donors (Lipinski definition) is 3. The van der Waals surface area contributed by atoms with Crippen molar-refractivity contribution in [3.8, 4) is 0 Å². The van der Waals surface area contributed by atoms with Crippen LogP contribution < -0.4 is 5.59 Å². The van der Waals surface area contributed by atoms with Crippen LogP contribution in [-0.2, 0) is 6.18 Å². The summed E-state index contributed by atoms with van der Waals surface area (Å²) >= 11 is 0. The molecule has 0 saturated heterocycles. The van der Waals surface area contributed by atoms with E-state index in [1.807, 2.05) is 0 Å². The van der Waals surface area contributed by atoms with Gasteiger partial charge in [-0.2, -0.15) is 13.2 Å². The lowest BCUT2D eigenvalue weighted by Crippen LogP contribution is -2.30. The third-order valence-electron chi connectivity index (χ3n) is 2.25. The van der Waals surface area contributed by atoms with Crippen LogP contribution in [0.15, 0.2) is 24.3 Å². The standard InChI is InChI=1S/C9H7BF3NO2/c11-9(12,13)6-2-1-5-3-8(10(15)16)14-7(5)4-6/h1-4,14-16H. The van der Waals surface area contributed by atoms with Gasteiger partial charge in [-0.15, -0.1) is 0 Å². The van der Waals surface area contributed by atoms with E-state index in [4.69, 9.17) is 10.0 Å². The van der Waals surface area contributed by atoms with Crippen molar-refractivity contribution in [2.75, 3.05) is 0 Å². The van der Waals surface area contributed by atoms with Gasteiger partial charge in [-0.05, 0) is 23.6 Å². The third-order valence-corrected chi connectivity index (χ3v) is 2.25. The van der Waals surface area contributed by atoms with Gasteiger partial charge < -0.3 is 15.0 Å². The molecular weight excluding hydrogens is 222 g/mol. The fourth-order valence-corrected chi connectivity index (χ4v) is 1.46. The van der Waals surface area contributed by atoms with Gasteiger partial charge in [0.05, 0.1) is 5.56 Å². The van der Waals surface area contributed by atoms with Gasteiger partial charge in [0.2, 0.25) is 0 Å². The molecule has 1 aromatic carbocycles.